The summed E-state index contributed by atoms with van der Waals surface area (Å²) in [7, 11) is 0. The van der Waals surface area contributed by atoms with Crippen LogP contribution in [0.25, 0.3) is 0 Å². The molecule has 2 fully saturated rings. The molecule has 0 radical (unpaired) electrons. The van der Waals surface area contributed by atoms with Crippen LogP contribution in [0.3, 0.4) is 0 Å². The highest BCUT2D eigenvalue weighted by molar-refractivity contribution is 8.19. The highest BCUT2D eigenvalue weighted by Gasteiger charge is 2.35. The van der Waals surface area contributed by atoms with Crippen molar-refractivity contribution in [3.8, 4) is 0 Å². The third-order valence-electron chi connectivity index (χ3n) is 4.20. The first-order valence-corrected chi connectivity index (χ1v) is 10.1. The molecule has 0 bridgehead atoms. The Kier molecular flexibility index (Phi) is 5.21. The van der Waals surface area contributed by atoms with Gasteiger partial charge in [-0.2, -0.15) is 0 Å². The Morgan fingerprint density at radius 3 is 2.70 bits per heavy atom. The SMILES string of the molecule is CC(C)N1CC(C(=O)Nc2cccc(C3SCCS3)c2)CC1=O. The number of anilines is 1. The molecule has 1 aromatic carbocycles. The van der Waals surface area contributed by atoms with Crippen molar-refractivity contribution in [2.24, 2.45) is 5.92 Å². The third-order valence-corrected chi connectivity index (χ3v) is 7.31. The topological polar surface area (TPSA) is 49.4 Å². The molecule has 2 saturated heterocycles. The van der Waals surface area contributed by atoms with Gasteiger partial charge in [0.15, 0.2) is 0 Å². The number of thioether (sulfide) groups is 2. The molecule has 2 aliphatic heterocycles. The summed E-state index contributed by atoms with van der Waals surface area (Å²) in [5, 5.41) is 2.99. The fraction of sp³-hybridized carbons (Fsp3) is 0.529. The lowest BCUT2D eigenvalue weighted by Crippen LogP contribution is -2.33. The van der Waals surface area contributed by atoms with Crippen molar-refractivity contribution < 1.29 is 9.59 Å². The Morgan fingerprint density at radius 2 is 2.04 bits per heavy atom. The molecule has 0 aliphatic carbocycles. The van der Waals surface area contributed by atoms with Crippen LogP contribution in [0.5, 0.6) is 0 Å². The number of nitrogens with one attached hydrogen (secondary N) is 1. The zero-order valence-electron chi connectivity index (χ0n) is 13.5. The molecule has 3 rings (SSSR count). The summed E-state index contributed by atoms with van der Waals surface area (Å²) in [6, 6.07) is 8.24. The normalized spacial score (nSPS) is 22.1. The number of carbonyl (C=O) groups excluding carboxylic acids is 2. The molecule has 0 spiro atoms. The average Bonchev–Trinajstić information content (AvgIpc) is 3.16. The number of hydrogen-bond acceptors (Lipinski definition) is 4. The molecule has 0 aromatic heterocycles. The van der Waals surface area contributed by atoms with Crippen molar-refractivity contribution >= 4 is 41.0 Å². The highest BCUT2D eigenvalue weighted by atomic mass is 32.2. The van der Waals surface area contributed by atoms with Gasteiger partial charge in [-0.15, -0.1) is 23.5 Å². The number of hydrogen-bond donors (Lipinski definition) is 1. The predicted octanol–water partition coefficient (Wildman–Crippen LogP) is 3.36. The first-order chi connectivity index (χ1) is 11.0. The summed E-state index contributed by atoms with van der Waals surface area (Å²) < 4.78 is 0.469. The molecule has 4 nitrogen and oxygen atoms in total. The molecule has 2 heterocycles. The Balaban J connectivity index is 1.64. The lowest BCUT2D eigenvalue weighted by Gasteiger charge is -2.20. The van der Waals surface area contributed by atoms with Crippen molar-refractivity contribution in [2.45, 2.75) is 30.9 Å². The maximum Gasteiger partial charge on any atom is 0.229 e. The lowest BCUT2D eigenvalue weighted by molar-refractivity contribution is -0.129. The van der Waals surface area contributed by atoms with Gasteiger partial charge in [-0.05, 0) is 31.5 Å². The summed E-state index contributed by atoms with van der Waals surface area (Å²) >= 11 is 3.90. The molecule has 1 atom stereocenters. The fourth-order valence-electron chi connectivity index (χ4n) is 2.96. The van der Waals surface area contributed by atoms with Crippen molar-refractivity contribution in [3.63, 3.8) is 0 Å². The van der Waals surface area contributed by atoms with E-state index in [9.17, 15) is 9.59 Å². The number of amides is 2. The van der Waals surface area contributed by atoms with Gasteiger partial charge in [0.05, 0.1) is 10.5 Å². The van der Waals surface area contributed by atoms with Crippen LogP contribution < -0.4 is 5.32 Å². The monoisotopic (exact) mass is 350 g/mol. The van der Waals surface area contributed by atoms with Crippen LogP contribution in [0.1, 0.15) is 30.4 Å². The van der Waals surface area contributed by atoms with Crippen LogP contribution in [-0.2, 0) is 9.59 Å². The van der Waals surface area contributed by atoms with Crippen LogP contribution in [0.15, 0.2) is 24.3 Å². The molecule has 6 heteroatoms. The smallest absolute Gasteiger partial charge is 0.229 e. The second-order valence-electron chi connectivity index (χ2n) is 6.23. The first-order valence-electron chi connectivity index (χ1n) is 7.98. The Bertz CT molecular complexity index is 600. The largest absolute Gasteiger partial charge is 0.339 e. The number of carbonyl (C=O) groups is 2. The van der Waals surface area contributed by atoms with E-state index in [4.69, 9.17) is 0 Å². The fourth-order valence-corrected chi connectivity index (χ4v) is 5.80. The zero-order valence-corrected chi connectivity index (χ0v) is 15.1. The second-order valence-corrected chi connectivity index (χ2v) is 8.95. The van der Waals surface area contributed by atoms with Gasteiger partial charge in [-0.1, -0.05) is 12.1 Å². The summed E-state index contributed by atoms with van der Waals surface area (Å²) in [5.74, 6) is 2.14. The maximum absolute atomic E-state index is 12.5. The van der Waals surface area contributed by atoms with E-state index in [2.05, 4.69) is 17.4 Å². The minimum absolute atomic E-state index is 0.0506. The average molecular weight is 351 g/mol. The highest BCUT2D eigenvalue weighted by Crippen LogP contribution is 2.45. The van der Waals surface area contributed by atoms with E-state index in [-0.39, 0.29) is 23.8 Å². The molecule has 1 aromatic rings. The van der Waals surface area contributed by atoms with Crippen LogP contribution in [0.2, 0.25) is 0 Å². The van der Waals surface area contributed by atoms with Gasteiger partial charge in [-0.25, -0.2) is 0 Å². The van der Waals surface area contributed by atoms with E-state index in [0.29, 0.717) is 17.5 Å². The number of likely N-dealkylation sites (tertiary alicyclic amines) is 1. The van der Waals surface area contributed by atoms with Crippen molar-refractivity contribution in [1.29, 1.82) is 0 Å². The zero-order chi connectivity index (χ0) is 16.4. The number of rotatable bonds is 4. The molecule has 2 amide bonds. The van der Waals surface area contributed by atoms with E-state index < -0.39 is 0 Å². The summed E-state index contributed by atoms with van der Waals surface area (Å²) in [5.41, 5.74) is 2.08. The standard InChI is InChI=1S/C17H22N2O2S2/c1-11(2)19-10-13(9-15(19)20)16(21)18-14-5-3-4-12(8-14)17-22-6-7-23-17/h3-5,8,11,13,17H,6-7,9-10H2,1-2H3,(H,18,21). The minimum Gasteiger partial charge on any atom is -0.339 e. The van der Waals surface area contributed by atoms with E-state index >= 15 is 0 Å². The van der Waals surface area contributed by atoms with E-state index in [1.54, 1.807) is 4.90 Å². The molecular weight excluding hydrogens is 328 g/mol. The summed E-state index contributed by atoms with van der Waals surface area (Å²) in [6.07, 6.45) is 0.317. The van der Waals surface area contributed by atoms with Gasteiger partial charge in [0, 0.05) is 36.2 Å². The van der Waals surface area contributed by atoms with Gasteiger partial charge in [0.2, 0.25) is 11.8 Å². The number of nitrogens with zero attached hydrogens (tertiary/aromatic N) is 1. The molecular formula is C17H22N2O2S2. The summed E-state index contributed by atoms with van der Waals surface area (Å²) in [4.78, 5) is 26.2. The van der Waals surface area contributed by atoms with Crippen molar-refractivity contribution in [3.05, 3.63) is 29.8 Å². The van der Waals surface area contributed by atoms with Gasteiger partial charge in [0.1, 0.15) is 0 Å². The first kappa shape index (κ1) is 16.7. The van der Waals surface area contributed by atoms with Gasteiger partial charge in [-0.3, -0.25) is 9.59 Å². The molecule has 124 valence electrons. The second kappa shape index (κ2) is 7.18. The molecule has 1 unspecified atom stereocenters. The van der Waals surface area contributed by atoms with Crippen molar-refractivity contribution in [1.82, 2.24) is 4.90 Å². The van der Waals surface area contributed by atoms with E-state index in [0.717, 1.165) is 5.69 Å². The molecule has 23 heavy (non-hydrogen) atoms. The Labute approximate surface area is 145 Å². The number of benzene rings is 1. The van der Waals surface area contributed by atoms with E-state index in [1.165, 1.54) is 17.1 Å². The van der Waals surface area contributed by atoms with Gasteiger partial charge < -0.3 is 10.2 Å². The molecule has 1 N–H and O–H groups in total. The van der Waals surface area contributed by atoms with Gasteiger partial charge in [0.25, 0.3) is 0 Å². The van der Waals surface area contributed by atoms with Crippen LogP contribution >= 0.6 is 23.5 Å². The molecule has 2 aliphatic rings. The third kappa shape index (κ3) is 3.86. The quantitative estimate of drug-likeness (QED) is 0.905. The minimum atomic E-state index is -0.246. The molecule has 0 saturated carbocycles. The van der Waals surface area contributed by atoms with Crippen LogP contribution in [0, 0.1) is 5.92 Å². The predicted molar refractivity (Wildman–Crippen MR) is 97.7 cm³/mol. The van der Waals surface area contributed by atoms with Crippen LogP contribution in [-0.4, -0.2) is 40.8 Å². The van der Waals surface area contributed by atoms with Crippen molar-refractivity contribution in [2.75, 3.05) is 23.4 Å². The lowest BCUT2D eigenvalue weighted by atomic mass is 10.1. The van der Waals surface area contributed by atoms with Gasteiger partial charge >= 0.3 is 0 Å². The van der Waals surface area contributed by atoms with Crippen LogP contribution in [0.4, 0.5) is 5.69 Å². The Hall–Kier alpha value is -1.14. The maximum atomic E-state index is 12.5. The Morgan fingerprint density at radius 1 is 1.30 bits per heavy atom. The van der Waals surface area contributed by atoms with E-state index in [1.807, 2.05) is 49.5 Å². The summed E-state index contributed by atoms with van der Waals surface area (Å²) in [6.45, 7) is 4.49.